The molecule has 0 radical (unpaired) electrons. The first-order chi connectivity index (χ1) is 20.0. The largest absolute Gasteiger partial charge is 0.494 e. The summed E-state index contributed by atoms with van der Waals surface area (Å²) < 4.78 is 48.1. The first-order valence-electron chi connectivity index (χ1n) is 13.7. The lowest BCUT2D eigenvalue weighted by molar-refractivity contribution is -0.139. The molecule has 0 heterocycles. The molecule has 8 nitrogen and oxygen atoms in total. The maximum atomic E-state index is 14.0. The highest BCUT2D eigenvalue weighted by Crippen LogP contribution is 2.28. The summed E-state index contributed by atoms with van der Waals surface area (Å²) in [7, 11) is -4.19. The van der Waals surface area contributed by atoms with Crippen LogP contribution in [-0.2, 0) is 26.2 Å². The van der Waals surface area contributed by atoms with E-state index in [1.807, 2.05) is 27.0 Å². The molecule has 0 spiro atoms. The quantitative estimate of drug-likeness (QED) is 0.242. The second-order valence-electron chi connectivity index (χ2n) is 9.76. The molecule has 3 rings (SSSR count). The van der Waals surface area contributed by atoms with Gasteiger partial charge in [-0.3, -0.25) is 13.9 Å². The fourth-order valence-corrected chi connectivity index (χ4v) is 5.94. The van der Waals surface area contributed by atoms with Gasteiger partial charge in [0.05, 0.1) is 17.2 Å². The van der Waals surface area contributed by atoms with E-state index in [2.05, 4.69) is 5.32 Å². The fourth-order valence-electron chi connectivity index (χ4n) is 4.11. The first kappa shape index (κ1) is 32.9. The van der Waals surface area contributed by atoms with Crippen LogP contribution in [0, 0.1) is 5.82 Å². The van der Waals surface area contributed by atoms with Gasteiger partial charge in [0.2, 0.25) is 11.8 Å². The van der Waals surface area contributed by atoms with Crippen molar-refractivity contribution < 1.29 is 27.1 Å². The summed E-state index contributed by atoms with van der Waals surface area (Å²) in [6.45, 7) is 7.08. The Kier molecular flexibility index (Phi) is 11.8. The van der Waals surface area contributed by atoms with E-state index in [9.17, 15) is 22.4 Å². The van der Waals surface area contributed by atoms with E-state index in [0.29, 0.717) is 24.3 Å². The Bertz CT molecular complexity index is 1430. The van der Waals surface area contributed by atoms with Crippen LogP contribution in [-0.4, -0.2) is 56.6 Å². The Morgan fingerprint density at radius 3 is 2.12 bits per heavy atom. The molecular formula is C31H38FN3O5S2. The van der Waals surface area contributed by atoms with Gasteiger partial charge in [0.1, 0.15) is 24.2 Å². The topological polar surface area (TPSA) is 96.0 Å². The molecule has 0 bridgehead atoms. The highest BCUT2D eigenvalue weighted by atomic mass is 32.2. The molecule has 0 aliphatic rings. The number of ether oxygens (including phenoxy) is 1. The summed E-state index contributed by atoms with van der Waals surface area (Å²) in [5.41, 5.74) is 0.857. The van der Waals surface area contributed by atoms with Gasteiger partial charge in [0.15, 0.2) is 0 Å². The third kappa shape index (κ3) is 8.48. The first-order valence-corrected chi connectivity index (χ1v) is 16.4. The lowest BCUT2D eigenvalue weighted by Crippen LogP contribution is -2.52. The second-order valence-corrected chi connectivity index (χ2v) is 12.5. The number of anilines is 1. The summed E-state index contributed by atoms with van der Waals surface area (Å²) in [5, 5.41) is 2.89. The molecule has 11 heteroatoms. The van der Waals surface area contributed by atoms with Gasteiger partial charge in [-0.15, -0.1) is 11.8 Å². The van der Waals surface area contributed by atoms with Gasteiger partial charge in [-0.1, -0.05) is 19.1 Å². The van der Waals surface area contributed by atoms with Crippen molar-refractivity contribution in [1.82, 2.24) is 10.2 Å². The number of nitrogens with one attached hydrogen (secondary N) is 1. The molecule has 1 N–H and O–H groups in total. The van der Waals surface area contributed by atoms with Crippen molar-refractivity contribution in [1.29, 1.82) is 0 Å². The Hall–Kier alpha value is -3.57. The Balaban J connectivity index is 2.03. The van der Waals surface area contributed by atoms with Crippen molar-refractivity contribution in [2.75, 3.05) is 23.7 Å². The van der Waals surface area contributed by atoms with Gasteiger partial charge in [-0.25, -0.2) is 12.8 Å². The molecule has 3 aromatic rings. The number of halogens is 1. The summed E-state index contributed by atoms with van der Waals surface area (Å²) >= 11 is 1.48. The monoisotopic (exact) mass is 615 g/mol. The molecule has 0 saturated heterocycles. The van der Waals surface area contributed by atoms with Crippen LogP contribution in [0.25, 0.3) is 0 Å². The van der Waals surface area contributed by atoms with Crippen molar-refractivity contribution in [2.45, 2.75) is 62.5 Å². The van der Waals surface area contributed by atoms with Crippen LogP contribution < -0.4 is 14.4 Å². The highest BCUT2D eigenvalue weighted by Gasteiger charge is 2.33. The van der Waals surface area contributed by atoms with E-state index in [0.717, 1.165) is 9.20 Å². The average molecular weight is 616 g/mol. The van der Waals surface area contributed by atoms with Gasteiger partial charge in [0.25, 0.3) is 10.0 Å². The molecule has 2 unspecified atom stereocenters. The van der Waals surface area contributed by atoms with Crippen molar-refractivity contribution >= 4 is 39.3 Å². The van der Waals surface area contributed by atoms with Gasteiger partial charge in [-0.05, 0) is 99.7 Å². The highest BCUT2D eigenvalue weighted by molar-refractivity contribution is 7.98. The summed E-state index contributed by atoms with van der Waals surface area (Å²) in [4.78, 5) is 29.3. The number of rotatable bonds is 14. The van der Waals surface area contributed by atoms with Crippen molar-refractivity contribution in [3.8, 4) is 5.75 Å². The molecule has 226 valence electrons. The zero-order chi connectivity index (χ0) is 30.9. The van der Waals surface area contributed by atoms with Crippen LogP contribution in [0.1, 0.15) is 39.7 Å². The lowest BCUT2D eigenvalue weighted by Gasteiger charge is -2.32. The number of hydrogen-bond acceptors (Lipinski definition) is 6. The van der Waals surface area contributed by atoms with E-state index in [-0.39, 0.29) is 29.1 Å². The number of sulfonamides is 1. The Morgan fingerprint density at radius 1 is 0.952 bits per heavy atom. The number of amides is 2. The number of benzene rings is 3. The number of thioether (sulfide) groups is 1. The number of nitrogens with zero attached hydrogens (tertiary/aromatic N) is 2. The van der Waals surface area contributed by atoms with Crippen LogP contribution in [0.4, 0.5) is 10.1 Å². The minimum absolute atomic E-state index is 0.0200. The van der Waals surface area contributed by atoms with Crippen molar-refractivity contribution in [3.63, 3.8) is 0 Å². The molecular weight excluding hydrogens is 577 g/mol. The van der Waals surface area contributed by atoms with E-state index in [1.54, 1.807) is 43.3 Å². The molecule has 0 aliphatic carbocycles. The van der Waals surface area contributed by atoms with Gasteiger partial charge in [-0.2, -0.15) is 0 Å². The van der Waals surface area contributed by atoms with Crippen LogP contribution >= 0.6 is 11.8 Å². The normalized spacial score (nSPS) is 12.7. The zero-order valence-electron chi connectivity index (χ0n) is 24.5. The third-order valence-electron chi connectivity index (χ3n) is 6.80. The molecule has 2 amide bonds. The summed E-state index contributed by atoms with van der Waals surface area (Å²) in [6, 6.07) is 17.4. The second kappa shape index (κ2) is 15.1. The van der Waals surface area contributed by atoms with Crippen LogP contribution in [0.15, 0.2) is 82.6 Å². The van der Waals surface area contributed by atoms with E-state index >= 15 is 0 Å². The smallest absolute Gasteiger partial charge is 0.264 e. The third-order valence-corrected chi connectivity index (χ3v) is 9.33. The van der Waals surface area contributed by atoms with Crippen molar-refractivity contribution in [3.05, 3.63) is 84.2 Å². The van der Waals surface area contributed by atoms with Gasteiger partial charge < -0.3 is 15.0 Å². The van der Waals surface area contributed by atoms with Crippen LogP contribution in [0.3, 0.4) is 0 Å². The minimum atomic E-state index is -4.19. The van der Waals surface area contributed by atoms with E-state index < -0.39 is 34.3 Å². The van der Waals surface area contributed by atoms with Gasteiger partial charge in [0, 0.05) is 17.5 Å². The molecule has 0 saturated carbocycles. The average Bonchev–Trinajstić information content (AvgIpc) is 2.99. The molecule has 42 heavy (non-hydrogen) atoms. The number of carbonyl (C=O) groups is 2. The van der Waals surface area contributed by atoms with Gasteiger partial charge >= 0.3 is 0 Å². The van der Waals surface area contributed by atoms with Crippen LogP contribution in [0.2, 0.25) is 0 Å². The zero-order valence-corrected chi connectivity index (χ0v) is 26.2. The SMILES string of the molecule is CCOc1ccc(N(CC(=O)N(Cc2ccc(F)cc2)C(C)C(=O)NC(C)CC)S(=O)(=O)c2ccc(SC)cc2)cc1. The number of hydrogen-bond donors (Lipinski definition) is 1. The van der Waals surface area contributed by atoms with E-state index in [4.69, 9.17) is 4.74 Å². The minimum Gasteiger partial charge on any atom is -0.494 e. The Labute approximate surface area is 252 Å². The molecule has 0 aromatic heterocycles. The predicted molar refractivity (Wildman–Crippen MR) is 165 cm³/mol. The fraction of sp³-hybridized carbons (Fsp3) is 0.355. The predicted octanol–water partition coefficient (Wildman–Crippen LogP) is 5.47. The number of carbonyl (C=O) groups excluding carboxylic acids is 2. The van der Waals surface area contributed by atoms with Crippen LogP contribution in [0.5, 0.6) is 5.75 Å². The van der Waals surface area contributed by atoms with Crippen molar-refractivity contribution in [2.24, 2.45) is 0 Å². The maximum absolute atomic E-state index is 14.0. The molecule has 2 atom stereocenters. The molecule has 3 aromatic carbocycles. The van der Waals surface area contributed by atoms with E-state index in [1.165, 1.54) is 53.1 Å². The Morgan fingerprint density at radius 2 is 1.57 bits per heavy atom. The summed E-state index contributed by atoms with van der Waals surface area (Å²) in [5.74, 6) is -0.839. The standard InChI is InChI=1S/C31H38FN3O5S2/c1-6-22(3)33-31(37)23(4)34(20-24-8-10-25(32)11-9-24)30(36)21-35(26-12-14-27(15-13-26)40-7-2)42(38,39)29-18-16-28(41-5)17-19-29/h8-19,22-23H,6-7,20-21H2,1-5H3,(H,33,37). The lowest BCUT2D eigenvalue weighted by atomic mass is 10.1. The molecule has 0 fully saturated rings. The molecule has 0 aliphatic heterocycles. The maximum Gasteiger partial charge on any atom is 0.264 e. The summed E-state index contributed by atoms with van der Waals surface area (Å²) in [6.07, 6.45) is 2.59.